The van der Waals surface area contributed by atoms with Gasteiger partial charge in [-0.2, -0.15) is 0 Å². The Hall–Kier alpha value is -4.53. The molecule has 0 saturated heterocycles. The van der Waals surface area contributed by atoms with Crippen molar-refractivity contribution in [2.75, 3.05) is 0 Å². The number of benzene rings is 4. The number of aromatic nitrogens is 4. The molecule has 0 atom stereocenters. The van der Waals surface area contributed by atoms with Crippen LogP contribution in [0.15, 0.2) is 134 Å². The largest absolute Gasteiger partial charge is 2.00 e. The molecular weight excluding hydrogens is 659 g/mol. The van der Waals surface area contributed by atoms with Crippen LogP contribution in [0.2, 0.25) is 0 Å². The van der Waals surface area contributed by atoms with Crippen LogP contribution in [0, 0.1) is 12.1 Å². The van der Waals surface area contributed by atoms with Crippen molar-refractivity contribution in [2.24, 2.45) is 0 Å². The van der Waals surface area contributed by atoms with Gasteiger partial charge in [0.05, 0.1) is 0 Å². The summed E-state index contributed by atoms with van der Waals surface area (Å²) in [7, 11) is 0. The van der Waals surface area contributed by atoms with E-state index in [4.69, 9.17) is 0 Å². The Morgan fingerprint density at radius 2 is 0.846 bits per heavy atom. The van der Waals surface area contributed by atoms with Crippen molar-refractivity contribution in [3.8, 4) is 11.4 Å². The summed E-state index contributed by atoms with van der Waals surface area (Å²) < 4.78 is 4.46. The Kier molecular flexibility index (Phi) is 6.79. The molecule has 0 fully saturated rings. The molecule has 0 spiro atoms. The predicted molar refractivity (Wildman–Crippen MR) is 155 cm³/mol. The normalized spacial score (nSPS) is 10.9. The Morgan fingerprint density at radius 3 is 1.28 bits per heavy atom. The Morgan fingerprint density at radius 1 is 0.436 bits per heavy atom. The molecule has 8 rings (SSSR count). The van der Waals surface area contributed by atoms with E-state index in [9.17, 15) is 0 Å². The minimum Gasteiger partial charge on any atom is -0.358 e. The van der Waals surface area contributed by atoms with Crippen LogP contribution in [0.3, 0.4) is 0 Å². The summed E-state index contributed by atoms with van der Waals surface area (Å²) in [5.41, 5.74) is 8.82. The van der Waals surface area contributed by atoms with Crippen LogP contribution in [0.25, 0.3) is 55.2 Å². The van der Waals surface area contributed by atoms with E-state index in [1.807, 2.05) is 60.9 Å². The molecule has 0 saturated carbocycles. The van der Waals surface area contributed by atoms with E-state index >= 15 is 0 Å². The van der Waals surface area contributed by atoms with Crippen molar-refractivity contribution in [1.29, 1.82) is 0 Å². The number of hydrogen-bond acceptors (Lipinski definition) is 2. The Bertz CT molecular complexity index is 1770. The fourth-order valence-corrected chi connectivity index (χ4v) is 5.12. The zero-order valence-electron chi connectivity index (χ0n) is 20.8. The summed E-state index contributed by atoms with van der Waals surface area (Å²) in [5, 5.41) is 2.14. The molecular formula is C34H22N4Pt. The molecule has 0 aliphatic carbocycles. The minimum atomic E-state index is 0. The van der Waals surface area contributed by atoms with E-state index in [1.165, 1.54) is 0 Å². The maximum absolute atomic E-state index is 4.50. The molecule has 0 radical (unpaired) electrons. The molecule has 0 bridgehead atoms. The molecule has 4 heterocycles. The van der Waals surface area contributed by atoms with Gasteiger partial charge in [0.25, 0.3) is 0 Å². The smallest absolute Gasteiger partial charge is 0.358 e. The van der Waals surface area contributed by atoms with Crippen LogP contribution in [0.1, 0.15) is 0 Å². The number of rotatable bonds is 2. The van der Waals surface area contributed by atoms with Gasteiger partial charge in [0.2, 0.25) is 0 Å². The molecule has 8 aromatic rings. The maximum atomic E-state index is 4.50. The molecule has 0 N–H and O–H groups in total. The van der Waals surface area contributed by atoms with Crippen molar-refractivity contribution in [3.05, 3.63) is 146 Å². The van der Waals surface area contributed by atoms with Gasteiger partial charge in [0.15, 0.2) is 0 Å². The zero-order valence-corrected chi connectivity index (χ0v) is 23.1. The van der Waals surface area contributed by atoms with E-state index in [0.29, 0.717) is 0 Å². The van der Waals surface area contributed by atoms with Gasteiger partial charge in [-0.15, -0.1) is 48.5 Å². The summed E-state index contributed by atoms with van der Waals surface area (Å²) in [5.74, 6) is 0. The van der Waals surface area contributed by atoms with E-state index in [2.05, 4.69) is 104 Å². The number of hydrogen-bond donors (Lipinski definition) is 0. The third-order valence-corrected chi connectivity index (χ3v) is 6.71. The second-order valence-electron chi connectivity index (χ2n) is 8.94. The molecule has 0 unspecified atom stereocenters. The van der Waals surface area contributed by atoms with E-state index in [1.54, 1.807) is 0 Å². The van der Waals surface area contributed by atoms with E-state index < -0.39 is 0 Å². The topological polar surface area (TPSA) is 35.6 Å². The number of nitrogens with zero attached hydrogens (tertiary/aromatic N) is 4. The first-order valence-electron chi connectivity index (χ1n) is 12.5. The zero-order chi connectivity index (χ0) is 25.3. The first-order valence-corrected chi connectivity index (χ1v) is 12.5. The summed E-state index contributed by atoms with van der Waals surface area (Å²) in [6, 6.07) is 47.6. The van der Waals surface area contributed by atoms with Gasteiger partial charge in [-0.3, -0.25) is 0 Å². The first kappa shape index (κ1) is 24.8. The average molecular weight is 682 g/mol. The Balaban J connectivity index is 0.000000138. The minimum absolute atomic E-state index is 0. The van der Waals surface area contributed by atoms with Gasteiger partial charge in [-0.1, -0.05) is 47.2 Å². The van der Waals surface area contributed by atoms with Gasteiger partial charge in [0, 0.05) is 45.8 Å². The van der Waals surface area contributed by atoms with Crippen molar-refractivity contribution < 1.29 is 21.1 Å². The molecule has 0 aliphatic rings. The molecule has 4 aromatic carbocycles. The molecule has 5 heteroatoms. The molecule has 0 aliphatic heterocycles. The van der Waals surface area contributed by atoms with Crippen LogP contribution in [-0.2, 0) is 21.1 Å². The summed E-state index contributed by atoms with van der Waals surface area (Å²) in [6.45, 7) is 0. The maximum Gasteiger partial charge on any atom is 2.00 e. The van der Waals surface area contributed by atoms with Crippen LogP contribution >= 0.6 is 0 Å². The monoisotopic (exact) mass is 681 g/mol. The number of pyridine rings is 2. The molecule has 4 aromatic heterocycles. The first-order chi connectivity index (χ1) is 18.9. The van der Waals surface area contributed by atoms with Gasteiger partial charge in [-0.05, 0) is 59.6 Å². The molecule has 188 valence electrons. The van der Waals surface area contributed by atoms with E-state index in [-0.39, 0.29) is 21.1 Å². The molecule has 39 heavy (non-hydrogen) atoms. The van der Waals surface area contributed by atoms with Crippen molar-refractivity contribution in [1.82, 2.24) is 19.1 Å². The van der Waals surface area contributed by atoms with Gasteiger partial charge < -0.3 is 19.1 Å². The van der Waals surface area contributed by atoms with Crippen molar-refractivity contribution in [2.45, 2.75) is 0 Å². The number of fused-ring (bicyclic) bond motifs is 6. The predicted octanol–water partition coefficient (Wildman–Crippen LogP) is 7.96. The standard InChI is InChI=1S/2C17H11N2.Pt/c2*1-2-7-13(8-3-1)19-15-10-5-4-9-14(15)17-16(19)11-6-12-18-17;/h2*1-8,10-12H;/q2*-1;+2. The van der Waals surface area contributed by atoms with Crippen LogP contribution in [0.4, 0.5) is 0 Å². The fourth-order valence-electron chi connectivity index (χ4n) is 5.12. The van der Waals surface area contributed by atoms with Crippen molar-refractivity contribution in [3.63, 3.8) is 0 Å². The number of para-hydroxylation sites is 2. The summed E-state index contributed by atoms with van der Waals surface area (Å²) in [6.07, 6.45) is 3.66. The summed E-state index contributed by atoms with van der Waals surface area (Å²) in [4.78, 5) is 9.01. The summed E-state index contributed by atoms with van der Waals surface area (Å²) >= 11 is 0. The second-order valence-corrected chi connectivity index (χ2v) is 8.94. The SMILES string of the molecule is [Pt+2].[c-]1cccc2c1c1ncccc1n2-c1ccccc1.[c-]1cccc2c1c1ncccc1n2-c1ccccc1. The van der Waals surface area contributed by atoms with Gasteiger partial charge in [0.1, 0.15) is 0 Å². The molecule has 0 amide bonds. The third-order valence-electron chi connectivity index (χ3n) is 6.71. The second kappa shape index (κ2) is 10.7. The quantitative estimate of drug-likeness (QED) is 0.174. The van der Waals surface area contributed by atoms with E-state index in [0.717, 1.165) is 55.2 Å². The van der Waals surface area contributed by atoms with Crippen LogP contribution in [0.5, 0.6) is 0 Å². The average Bonchev–Trinajstić information content (AvgIpc) is 3.52. The van der Waals surface area contributed by atoms with Crippen LogP contribution < -0.4 is 0 Å². The Labute approximate surface area is 240 Å². The van der Waals surface area contributed by atoms with Gasteiger partial charge >= 0.3 is 21.1 Å². The van der Waals surface area contributed by atoms with Crippen molar-refractivity contribution >= 4 is 43.9 Å². The fraction of sp³-hybridized carbons (Fsp3) is 0. The third kappa shape index (κ3) is 4.33. The van der Waals surface area contributed by atoms with Crippen LogP contribution in [-0.4, -0.2) is 19.1 Å². The molecule has 4 nitrogen and oxygen atoms in total. The van der Waals surface area contributed by atoms with Gasteiger partial charge in [-0.25, -0.2) is 0 Å².